The second-order valence-electron chi connectivity index (χ2n) is 8.10. The molecule has 5 nitrogen and oxygen atoms in total. The summed E-state index contributed by atoms with van der Waals surface area (Å²) in [6, 6.07) is 13.9. The summed E-state index contributed by atoms with van der Waals surface area (Å²) < 4.78 is 28.1. The second kappa shape index (κ2) is 11.0. The first-order valence-electron chi connectivity index (χ1n) is 10.9. The van der Waals surface area contributed by atoms with Gasteiger partial charge in [-0.15, -0.1) is 0 Å². The summed E-state index contributed by atoms with van der Waals surface area (Å²) in [5.41, 5.74) is 2.29. The molecule has 0 bridgehead atoms. The summed E-state index contributed by atoms with van der Waals surface area (Å²) in [4.78, 5) is 12.9. The fourth-order valence-corrected chi connectivity index (χ4v) is 6.56. The minimum atomic E-state index is -3.87. The molecule has 0 heterocycles. The van der Waals surface area contributed by atoms with Crippen LogP contribution in [-0.4, -0.2) is 38.4 Å². The predicted molar refractivity (Wildman–Crippen MR) is 129 cm³/mol. The standard InChI is InChI=1S/C24H32N2O3S2/c1-19-13-14-20(2)23(17-19)26(31(28,29)22-11-7-4-8-12-22)18-24(27)25-15-16-30-21-9-5-3-6-10-21/h4,7-8,11-14,17,21H,3,5-6,9-10,15-16,18H2,1-2H3,(H,25,27). The van der Waals surface area contributed by atoms with Crippen LogP contribution in [0.5, 0.6) is 0 Å². The van der Waals surface area contributed by atoms with Crippen LogP contribution in [0.15, 0.2) is 53.4 Å². The van der Waals surface area contributed by atoms with Crippen molar-refractivity contribution < 1.29 is 13.2 Å². The second-order valence-corrected chi connectivity index (χ2v) is 11.4. The highest BCUT2D eigenvalue weighted by molar-refractivity contribution is 7.99. The van der Waals surface area contributed by atoms with Crippen LogP contribution in [0.2, 0.25) is 0 Å². The Bertz CT molecular complexity index is 972. The van der Waals surface area contributed by atoms with Crippen LogP contribution < -0.4 is 9.62 Å². The largest absolute Gasteiger partial charge is 0.354 e. The van der Waals surface area contributed by atoms with Crippen molar-refractivity contribution in [3.8, 4) is 0 Å². The molecular weight excluding hydrogens is 428 g/mol. The highest BCUT2D eigenvalue weighted by atomic mass is 32.2. The molecule has 0 aromatic heterocycles. The zero-order valence-corrected chi connectivity index (χ0v) is 20.0. The molecule has 1 saturated carbocycles. The molecule has 1 amide bonds. The number of carbonyl (C=O) groups is 1. The molecule has 2 aromatic rings. The summed E-state index contributed by atoms with van der Waals surface area (Å²) in [6.45, 7) is 4.08. The molecule has 7 heteroatoms. The lowest BCUT2D eigenvalue weighted by Crippen LogP contribution is -2.41. The number of hydrogen-bond donors (Lipinski definition) is 1. The Balaban J connectivity index is 1.71. The van der Waals surface area contributed by atoms with Gasteiger partial charge in [0.15, 0.2) is 0 Å². The maximum Gasteiger partial charge on any atom is 0.264 e. The molecule has 1 fully saturated rings. The molecule has 3 rings (SSSR count). The molecule has 0 spiro atoms. The van der Waals surface area contributed by atoms with Crippen LogP contribution in [0.25, 0.3) is 0 Å². The molecule has 0 radical (unpaired) electrons. The fourth-order valence-electron chi connectivity index (χ4n) is 3.84. The number of rotatable bonds is 9. The van der Waals surface area contributed by atoms with Gasteiger partial charge in [0.1, 0.15) is 6.54 Å². The number of aryl methyl sites for hydroxylation is 2. The van der Waals surface area contributed by atoms with E-state index in [0.29, 0.717) is 17.5 Å². The Labute approximate surface area is 190 Å². The molecule has 1 N–H and O–H groups in total. The highest BCUT2D eigenvalue weighted by Crippen LogP contribution is 2.29. The summed E-state index contributed by atoms with van der Waals surface area (Å²) in [6.07, 6.45) is 6.44. The van der Waals surface area contributed by atoms with Crippen molar-refractivity contribution in [2.24, 2.45) is 0 Å². The minimum absolute atomic E-state index is 0.177. The van der Waals surface area contributed by atoms with Gasteiger partial charge in [-0.2, -0.15) is 11.8 Å². The lowest BCUT2D eigenvalue weighted by molar-refractivity contribution is -0.119. The van der Waals surface area contributed by atoms with E-state index in [0.717, 1.165) is 16.9 Å². The van der Waals surface area contributed by atoms with Crippen LogP contribution in [0.4, 0.5) is 5.69 Å². The van der Waals surface area contributed by atoms with Crippen LogP contribution >= 0.6 is 11.8 Å². The van der Waals surface area contributed by atoms with Gasteiger partial charge in [-0.3, -0.25) is 9.10 Å². The monoisotopic (exact) mass is 460 g/mol. The van der Waals surface area contributed by atoms with Gasteiger partial charge >= 0.3 is 0 Å². The number of anilines is 1. The molecule has 31 heavy (non-hydrogen) atoms. The van der Waals surface area contributed by atoms with E-state index in [1.54, 1.807) is 30.3 Å². The first-order chi connectivity index (χ1) is 14.9. The summed E-state index contributed by atoms with van der Waals surface area (Å²) in [5.74, 6) is 0.565. The van der Waals surface area contributed by atoms with Gasteiger partial charge in [0.2, 0.25) is 5.91 Å². The Morgan fingerprint density at radius 2 is 1.77 bits per heavy atom. The smallest absolute Gasteiger partial charge is 0.264 e. The van der Waals surface area contributed by atoms with Gasteiger partial charge in [0.05, 0.1) is 10.6 Å². The average molecular weight is 461 g/mol. The molecule has 168 valence electrons. The minimum Gasteiger partial charge on any atom is -0.354 e. The maximum absolute atomic E-state index is 13.4. The Morgan fingerprint density at radius 3 is 2.48 bits per heavy atom. The van der Waals surface area contributed by atoms with Crippen molar-refractivity contribution in [1.82, 2.24) is 5.32 Å². The van der Waals surface area contributed by atoms with Crippen LogP contribution in [0.3, 0.4) is 0 Å². The number of sulfonamides is 1. The quantitative estimate of drug-likeness (QED) is 0.552. The summed E-state index contributed by atoms with van der Waals surface area (Å²) in [5, 5.41) is 3.60. The van der Waals surface area contributed by atoms with Crippen LogP contribution in [0, 0.1) is 13.8 Å². The van der Waals surface area contributed by atoms with Gasteiger partial charge in [-0.25, -0.2) is 8.42 Å². The topological polar surface area (TPSA) is 66.5 Å². The summed E-state index contributed by atoms with van der Waals surface area (Å²) >= 11 is 1.91. The number of carbonyl (C=O) groups excluding carboxylic acids is 1. The zero-order valence-electron chi connectivity index (χ0n) is 18.3. The average Bonchev–Trinajstić information content (AvgIpc) is 2.78. The third-order valence-electron chi connectivity index (χ3n) is 5.58. The van der Waals surface area contributed by atoms with Crippen molar-refractivity contribution in [2.45, 2.75) is 56.1 Å². The number of amides is 1. The van der Waals surface area contributed by atoms with Crippen molar-refractivity contribution in [3.05, 3.63) is 59.7 Å². The Morgan fingerprint density at radius 1 is 1.06 bits per heavy atom. The molecule has 0 unspecified atom stereocenters. The van der Waals surface area contributed by atoms with Gasteiger partial charge in [0.25, 0.3) is 10.0 Å². The van der Waals surface area contributed by atoms with Crippen LogP contribution in [0.1, 0.15) is 43.2 Å². The molecular formula is C24H32N2O3S2. The molecule has 0 saturated heterocycles. The van der Waals surface area contributed by atoms with E-state index >= 15 is 0 Å². The molecule has 0 aliphatic heterocycles. The van der Waals surface area contributed by atoms with Crippen molar-refractivity contribution in [3.63, 3.8) is 0 Å². The van der Waals surface area contributed by atoms with E-state index in [4.69, 9.17) is 0 Å². The lowest BCUT2D eigenvalue weighted by atomic mass is 10.0. The van der Waals surface area contributed by atoms with E-state index in [1.807, 2.05) is 43.8 Å². The van der Waals surface area contributed by atoms with Gasteiger partial charge in [-0.05, 0) is 56.0 Å². The van der Waals surface area contributed by atoms with E-state index in [9.17, 15) is 13.2 Å². The molecule has 1 aliphatic carbocycles. The fraction of sp³-hybridized carbons (Fsp3) is 0.458. The van der Waals surface area contributed by atoms with E-state index in [1.165, 1.54) is 36.4 Å². The predicted octanol–water partition coefficient (Wildman–Crippen LogP) is 4.68. The van der Waals surface area contributed by atoms with E-state index in [2.05, 4.69) is 5.32 Å². The van der Waals surface area contributed by atoms with Crippen molar-refractivity contribution >= 4 is 33.4 Å². The van der Waals surface area contributed by atoms with Crippen LogP contribution in [-0.2, 0) is 14.8 Å². The van der Waals surface area contributed by atoms with Gasteiger partial charge in [0, 0.05) is 17.5 Å². The van der Waals surface area contributed by atoms with Gasteiger partial charge < -0.3 is 5.32 Å². The zero-order chi connectivity index (χ0) is 22.3. The van der Waals surface area contributed by atoms with Crippen molar-refractivity contribution in [2.75, 3.05) is 23.1 Å². The Hall–Kier alpha value is -1.99. The maximum atomic E-state index is 13.4. The van der Waals surface area contributed by atoms with E-state index in [-0.39, 0.29) is 17.3 Å². The van der Waals surface area contributed by atoms with Crippen molar-refractivity contribution in [1.29, 1.82) is 0 Å². The first-order valence-corrected chi connectivity index (χ1v) is 13.4. The SMILES string of the molecule is Cc1ccc(C)c(N(CC(=O)NCCSC2CCCCC2)S(=O)(=O)c2ccccc2)c1. The third-order valence-corrected chi connectivity index (χ3v) is 8.74. The number of nitrogens with one attached hydrogen (secondary N) is 1. The third kappa shape index (κ3) is 6.50. The number of benzene rings is 2. The first kappa shape index (κ1) is 23.7. The molecule has 1 aliphatic rings. The summed E-state index contributed by atoms with van der Waals surface area (Å²) in [7, 11) is -3.87. The highest BCUT2D eigenvalue weighted by Gasteiger charge is 2.28. The number of hydrogen-bond acceptors (Lipinski definition) is 4. The lowest BCUT2D eigenvalue weighted by Gasteiger charge is -2.26. The van der Waals surface area contributed by atoms with Gasteiger partial charge in [-0.1, -0.05) is 49.6 Å². The molecule has 0 atom stereocenters. The normalized spacial score (nSPS) is 14.9. The number of thioether (sulfide) groups is 1. The Kier molecular flexibility index (Phi) is 8.43. The molecule has 2 aromatic carbocycles. The number of nitrogens with zero attached hydrogens (tertiary/aromatic N) is 1. The van der Waals surface area contributed by atoms with E-state index < -0.39 is 10.0 Å².